The van der Waals surface area contributed by atoms with Gasteiger partial charge in [-0.1, -0.05) is 6.92 Å². The van der Waals surface area contributed by atoms with Gasteiger partial charge >= 0.3 is 0 Å². The van der Waals surface area contributed by atoms with Gasteiger partial charge in [0.1, 0.15) is 11.3 Å². The lowest BCUT2D eigenvalue weighted by Crippen LogP contribution is -2.56. The zero-order valence-corrected chi connectivity index (χ0v) is 21.2. The summed E-state index contributed by atoms with van der Waals surface area (Å²) in [5.74, 6) is -0.518. The van der Waals surface area contributed by atoms with Gasteiger partial charge in [0.25, 0.3) is 17.4 Å². The van der Waals surface area contributed by atoms with Crippen molar-refractivity contribution in [1.82, 2.24) is 24.2 Å². The first kappa shape index (κ1) is 26.2. The highest BCUT2D eigenvalue weighted by molar-refractivity contribution is 6.21. The van der Waals surface area contributed by atoms with Gasteiger partial charge in [-0.05, 0) is 42.8 Å². The van der Waals surface area contributed by atoms with E-state index in [0.717, 1.165) is 0 Å². The number of hydrogen-bond donors (Lipinski definition) is 0. The fourth-order valence-electron chi connectivity index (χ4n) is 4.21. The molecule has 1 aromatic heterocycles. The van der Waals surface area contributed by atoms with Crippen molar-refractivity contribution in [2.75, 3.05) is 27.3 Å². The topological polar surface area (TPSA) is 144 Å². The van der Waals surface area contributed by atoms with E-state index in [9.17, 15) is 20.1 Å². The summed E-state index contributed by atoms with van der Waals surface area (Å²) in [7, 11) is 3.46. The smallest absolute Gasteiger partial charge is 0.275 e. The number of amides is 1. The lowest BCUT2D eigenvalue weighted by Gasteiger charge is -2.47. The molecule has 1 amide bonds. The van der Waals surface area contributed by atoms with Crippen LogP contribution in [0.25, 0.3) is 11.3 Å². The molecule has 3 aromatic rings. The van der Waals surface area contributed by atoms with Crippen molar-refractivity contribution in [3.05, 3.63) is 93.2 Å². The molecule has 12 heteroatoms. The van der Waals surface area contributed by atoms with Crippen LogP contribution in [-0.4, -0.2) is 64.1 Å². The standard InChI is InChI=1S/C26H26N8O4/c1-4-14-31-18-34(38,22-7-5-6-21(15-22)33(36)37)25(28-17-30(2)3)24(26(31)35)23-12-13-29-32(23)20-10-8-19(16-27)9-11-20/h5-13,15,17H,4,14,18H2,1-3H3/b28-17+. The Morgan fingerprint density at radius 3 is 2.61 bits per heavy atom. The van der Waals surface area contributed by atoms with Gasteiger partial charge in [0.05, 0.1) is 46.5 Å². The van der Waals surface area contributed by atoms with Crippen molar-refractivity contribution in [3.63, 3.8) is 0 Å². The average molecular weight is 515 g/mol. The number of aromatic nitrogens is 2. The Hall–Kier alpha value is -4.86. The maximum absolute atomic E-state index is 14.8. The van der Waals surface area contributed by atoms with E-state index in [1.807, 2.05) is 6.92 Å². The third kappa shape index (κ3) is 4.88. The van der Waals surface area contributed by atoms with Gasteiger partial charge in [0.15, 0.2) is 6.67 Å². The number of nitrogens with zero attached hydrogens (tertiary/aromatic N) is 8. The predicted octanol–water partition coefficient (Wildman–Crippen LogP) is 3.63. The van der Waals surface area contributed by atoms with E-state index in [2.05, 4.69) is 16.2 Å². The summed E-state index contributed by atoms with van der Waals surface area (Å²) in [6, 6.07) is 15.8. The third-order valence-electron chi connectivity index (χ3n) is 5.94. The number of nitro benzene ring substituents is 1. The van der Waals surface area contributed by atoms with Crippen LogP contribution in [-0.2, 0) is 4.79 Å². The monoisotopic (exact) mass is 514 g/mol. The van der Waals surface area contributed by atoms with Crippen molar-refractivity contribution in [2.45, 2.75) is 13.3 Å². The quantitative estimate of drug-likeness (QED) is 0.111. The number of hydrogen-bond acceptors (Lipinski definition) is 7. The minimum Gasteiger partial charge on any atom is -0.619 e. The minimum atomic E-state index is -1.22. The zero-order valence-electron chi connectivity index (χ0n) is 21.2. The second-order valence-electron chi connectivity index (χ2n) is 8.92. The molecule has 2 heterocycles. The molecule has 0 saturated heterocycles. The molecule has 1 atom stereocenters. The Balaban J connectivity index is 2.02. The summed E-state index contributed by atoms with van der Waals surface area (Å²) in [5, 5.41) is 39.8. The van der Waals surface area contributed by atoms with Gasteiger partial charge in [-0.2, -0.15) is 15.4 Å². The maximum atomic E-state index is 14.8. The number of non-ortho nitro benzene ring substituents is 1. The lowest BCUT2D eigenvalue weighted by atomic mass is 10.1. The number of carbonyl (C=O) groups is 1. The molecular formula is C26H26N8O4. The summed E-state index contributed by atoms with van der Waals surface area (Å²) in [6.45, 7) is 1.89. The predicted molar refractivity (Wildman–Crippen MR) is 143 cm³/mol. The lowest BCUT2D eigenvalue weighted by molar-refractivity contribution is -0.384. The molecule has 0 spiro atoms. The highest BCUT2D eigenvalue weighted by Crippen LogP contribution is 2.40. The normalized spacial score (nSPS) is 17.7. The van der Waals surface area contributed by atoms with Gasteiger partial charge < -0.3 is 10.1 Å². The van der Waals surface area contributed by atoms with Crippen LogP contribution in [0.3, 0.4) is 0 Å². The number of nitro groups is 1. The van der Waals surface area contributed by atoms with Gasteiger partial charge in [-0.15, -0.1) is 0 Å². The average Bonchev–Trinajstić information content (AvgIpc) is 3.39. The van der Waals surface area contributed by atoms with E-state index in [4.69, 9.17) is 5.26 Å². The van der Waals surface area contributed by atoms with E-state index in [0.29, 0.717) is 29.9 Å². The molecule has 0 fully saturated rings. The van der Waals surface area contributed by atoms with Crippen molar-refractivity contribution >= 4 is 29.2 Å². The van der Waals surface area contributed by atoms with Crippen LogP contribution in [0.15, 0.2) is 71.6 Å². The molecule has 1 aliphatic heterocycles. The molecule has 0 saturated carbocycles. The zero-order chi connectivity index (χ0) is 27.4. The molecule has 1 aliphatic rings. The van der Waals surface area contributed by atoms with Crippen molar-refractivity contribution in [2.24, 2.45) is 4.99 Å². The highest BCUT2D eigenvalue weighted by Gasteiger charge is 2.44. The molecule has 38 heavy (non-hydrogen) atoms. The molecule has 0 aliphatic carbocycles. The number of carbonyl (C=O) groups excluding carboxylic acids is 1. The van der Waals surface area contributed by atoms with Crippen LogP contribution >= 0.6 is 0 Å². The Bertz CT molecular complexity index is 1470. The number of nitriles is 1. The van der Waals surface area contributed by atoms with E-state index >= 15 is 0 Å². The Kier molecular flexibility index (Phi) is 7.33. The molecule has 4 rings (SSSR count). The van der Waals surface area contributed by atoms with Crippen LogP contribution in [0.5, 0.6) is 0 Å². The number of rotatable bonds is 8. The number of benzene rings is 2. The van der Waals surface area contributed by atoms with Gasteiger partial charge in [-0.25, -0.2) is 4.68 Å². The molecule has 2 aromatic carbocycles. The van der Waals surface area contributed by atoms with Crippen LogP contribution in [0, 0.1) is 26.7 Å². The van der Waals surface area contributed by atoms with Crippen molar-refractivity contribution in [3.8, 4) is 11.8 Å². The fraction of sp³-hybridized carbons (Fsp3) is 0.231. The summed E-state index contributed by atoms with van der Waals surface area (Å²) in [5.41, 5.74) is 1.23. The van der Waals surface area contributed by atoms with Crippen LogP contribution < -0.4 is 4.65 Å². The van der Waals surface area contributed by atoms with Crippen LogP contribution in [0.2, 0.25) is 0 Å². The van der Waals surface area contributed by atoms with Gasteiger partial charge in [-0.3, -0.25) is 24.5 Å². The molecular weight excluding hydrogens is 488 g/mol. The second-order valence-corrected chi connectivity index (χ2v) is 8.92. The third-order valence-corrected chi connectivity index (χ3v) is 5.94. The first-order valence-electron chi connectivity index (χ1n) is 11.8. The number of quaternary nitrogens is 1. The molecule has 12 nitrogen and oxygen atoms in total. The number of aliphatic imine (C=N–C) groups is 1. The van der Waals surface area contributed by atoms with Gasteiger partial charge in [0, 0.05) is 32.8 Å². The van der Waals surface area contributed by atoms with Crippen molar-refractivity contribution < 1.29 is 9.72 Å². The Labute approximate surface area is 219 Å². The van der Waals surface area contributed by atoms with E-state index < -0.39 is 15.5 Å². The minimum absolute atomic E-state index is 0.0335. The first-order valence-corrected chi connectivity index (χ1v) is 11.8. The van der Waals surface area contributed by atoms with Crippen LogP contribution in [0.1, 0.15) is 24.6 Å². The van der Waals surface area contributed by atoms with E-state index in [1.165, 1.54) is 46.4 Å². The SMILES string of the molecule is CCCN1C[N+]([O-])(c2cccc([N+](=O)[O-])c2)C(/N=C/N(C)C)=C(c2ccnn2-c2ccc(C#N)cc2)C1=O. The molecule has 0 bridgehead atoms. The molecule has 1 unspecified atom stereocenters. The molecule has 0 radical (unpaired) electrons. The molecule has 194 valence electrons. The largest absolute Gasteiger partial charge is 0.619 e. The van der Waals surface area contributed by atoms with Crippen LogP contribution in [0.4, 0.5) is 11.4 Å². The highest BCUT2D eigenvalue weighted by atomic mass is 16.6. The number of hydroxylamine groups is 2. The maximum Gasteiger partial charge on any atom is 0.275 e. The summed E-state index contributed by atoms with van der Waals surface area (Å²) in [4.78, 5) is 32.4. The van der Waals surface area contributed by atoms with E-state index in [1.54, 1.807) is 49.3 Å². The first-order chi connectivity index (χ1) is 18.2. The fourth-order valence-corrected chi connectivity index (χ4v) is 4.21. The van der Waals surface area contributed by atoms with E-state index in [-0.39, 0.29) is 29.4 Å². The van der Waals surface area contributed by atoms with Crippen molar-refractivity contribution in [1.29, 1.82) is 5.26 Å². The Morgan fingerprint density at radius 1 is 1.24 bits per heavy atom. The molecule has 0 N–H and O–H groups in total. The summed E-state index contributed by atoms with van der Waals surface area (Å²) in [6.07, 6.45) is 3.52. The van der Waals surface area contributed by atoms with Gasteiger partial charge in [0.2, 0.25) is 0 Å². The Morgan fingerprint density at radius 2 is 1.97 bits per heavy atom. The summed E-state index contributed by atoms with van der Waals surface area (Å²) < 4.78 is 0.290. The second kappa shape index (κ2) is 10.6. The summed E-state index contributed by atoms with van der Waals surface area (Å²) >= 11 is 0.